The van der Waals surface area contributed by atoms with Crippen molar-refractivity contribution in [1.82, 2.24) is 0 Å². The summed E-state index contributed by atoms with van der Waals surface area (Å²) in [6, 6.07) is 4.32. The number of hydrogen-bond donors (Lipinski definition) is 2. The molecule has 108 valence electrons. The third kappa shape index (κ3) is 5.55. The molecule has 1 atom stereocenters. The second kappa shape index (κ2) is 8.85. The van der Waals surface area contributed by atoms with E-state index >= 15 is 0 Å². The largest absolute Gasteiger partial charge is 0.487 e. The minimum atomic E-state index is -0.817. The van der Waals surface area contributed by atoms with E-state index < -0.39 is 11.9 Å². The van der Waals surface area contributed by atoms with E-state index in [0.29, 0.717) is 12.2 Å². The summed E-state index contributed by atoms with van der Waals surface area (Å²) >= 11 is 0. The molecule has 0 heterocycles. The Morgan fingerprint density at radius 1 is 1.32 bits per heavy atom. The predicted molar refractivity (Wildman–Crippen MR) is 69.6 cm³/mol. The topological polar surface area (TPSA) is 58.9 Å². The fraction of sp³-hybridized carbons (Fsp3) is 0.571. The first-order valence-electron chi connectivity index (χ1n) is 6.45. The van der Waals surface area contributed by atoms with E-state index in [4.69, 9.17) is 14.6 Å². The molecule has 1 aromatic rings. The summed E-state index contributed by atoms with van der Waals surface area (Å²) in [5.74, 6) is -0.566. The minimum Gasteiger partial charge on any atom is -0.487 e. The minimum absolute atomic E-state index is 0.0161. The van der Waals surface area contributed by atoms with Gasteiger partial charge in [-0.25, -0.2) is 4.39 Å². The normalized spacial score (nSPS) is 12.4. The second-order valence-corrected chi connectivity index (χ2v) is 4.28. The highest BCUT2D eigenvalue weighted by Gasteiger charge is 2.12. The van der Waals surface area contributed by atoms with Gasteiger partial charge in [0.05, 0.1) is 13.2 Å². The van der Waals surface area contributed by atoms with Gasteiger partial charge in [-0.3, -0.25) is 0 Å². The van der Waals surface area contributed by atoms with Gasteiger partial charge in [0.15, 0.2) is 11.6 Å². The average molecular weight is 272 g/mol. The highest BCUT2D eigenvalue weighted by atomic mass is 19.1. The van der Waals surface area contributed by atoms with Gasteiger partial charge in [0, 0.05) is 12.2 Å². The van der Waals surface area contributed by atoms with Crippen molar-refractivity contribution in [2.24, 2.45) is 0 Å². The third-order valence-corrected chi connectivity index (χ3v) is 2.59. The predicted octanol–water partition coefficient (Wildman–Crippen LogP) is 1.87. The van der Waals surface area contributed by atoms with Crippen LogP contribution in [0.3, 0.4) is 0 Å². The highest BCUT2D eigenvalue weighted by molar-refractivity contribution is 5.34. The van der Waals surface area contributed by atoms with Crippen LogP contribution in [0.4, 0.5) is 4.39 Å². The van der Waals surface area contributed by atoms with Crippen molar-refractivity contribution < 1.29 is 24.1 Å². The highest BCUT2D eigenvalue weighted by Crippen LogP contribution is 2.22. The molecule has 2 N–H and O–H groups in total. The standard InChI is InChI=1S/C14H21FO4/c1-2-3-7-18-9-12(17)10-19-14-11(8-16)5-4-6-13(14)15/h4-6,12,16-17H,2-3,7-10H2,1H3. The molecule has 5 heteroatoms. The van der Waals surface area contributed by atoms with Gasteiger partial charge in [0.2, 0.25) is 0 Å². The molecule has 1 rings (SSSR count). The molecule has 0 aromatic heterocycles. The van der Waals surface area contributed by atoms with Crippen LogP contribution in [0, 0.1) is 5.82 Å². The lowest BCUT2D eigenvalue weighted by molar-refractivity contribution is 0.0102. The lowest BCUT2D eigenvalue weighted by Crippen LogP contribution is -2.24. The Kier molecular flexibility index (Phi) is 7.40. The molecule has 1 unspecified atom stereocenters. The number of hydrogen-bond acceptors (Lipinski definition) is 4. The van der Waals surface area contributed by atoms with E-state index in [1.165, 1.54) is 12.1 Å². The first-order chi connectivity index (χ1) is 9.19. The van der Waals surface area contributed by atoms with E-state index in [9.17, 15) is 9.50 Å². The first-order valence-corrected chi connectivity index (χ1v) is 6.45. The van der Waals surface area contributed by atoms with Gasteiger partial charge in [-0.2, -0.15) is 0 Å². The maximum atomic E-state index is 13.5. The molecule has 0 bridgehead atoms. The molecular formula is C14H21FO4. The summed E-state index contributed by atoms with van der Waals surface area (Å²) in [5.41, 5.74) is 0.360. The zero-order valence-electron chi connectivity index (χ0n) is 11.1. The Bertz CT molecular complexity index is 370. The first kappa shape index (κ1) is 15.9. The monoisotopic (exact) mass is 272 g/mol. The third-order valence-electron chi connectivity index (χ3n) is 2.59. The van der Waals surface area contributed by atoms with Gasteiger partial charge in [-0.15, -0.1) is 0 Å². The Morgan fingerprint density at radius 3 is 2.79 bits per heavy atom. The maximum Gasteiger partial charge on any atom is 0.165 e. The molecule has 0 aliphatic carbocycles. The quantitative estimate of drug-likeness (QED) is 0.674. The lowest BCUT2D eigenvalue weighted by Gasteiger charge is -2.15. The Morgan fingerprint density at radius 2 is 2.11 bits per heavy atom. The zero-order valence-corrected chi connectivity index (χ0v) is 11.1. The van der Waals surface area contributed by atoms with E-state index in [0.717, 1.165) is 12.8 Å². The van der Waals surface area contributed by atoms with E-state index in [-0.39, 0.29) is 25.6 Å². The SMILES string of the molecule is CCCCOCC(O)COc1c(F)cccc1CO. The summed E-state index contributed by atoms with van der Waals surface area (Å²) in [6.45, 7) is 2.42. The van der Waals surface area contributed by atoms with Crippen molar-refractivity contribution in [3.8, 4) is 5.75 Å². The number of aliphatic hydroxyl groups excluding tert-OH is 2. The van der Waals surface area contributed by atoms with Gasteiger partial charge in [-0.05, 0) is 12.5 Å². The molecule has 19 heavy (non-hydrogen) atoms. The van der Waals surface area contributed by atoms with Crippen LogP contribution in [0.1, 0.15) is 25.3 Å². The van der Waals surface area contributed by atoms with Crippen LogP contribution >= 0.6 is 0 Å². The second-order valence-electron chi connectivity index (χ2n) is 4.28. The van der Waals surface area contributed by atoms with E-state index in [1.807, 2.05) is 0 Å². The molecule has 0 spiro atoms. The van der Waals surface area contributed by atoms with Crippen molar-refractivity contribution in [2.75, 3.05) is 19.8 Å². The molecule has 0 fully saturated rings. The van der Waals surface area contributed by atoms with Gasteiger partial charge in [0.25, 0.3) is 0 Å². The number of aliphatic hydroxyl groups is 2. The van der Waals surface area contributed by atoms with E-state index in [1.54, 1.807) is 6.07 Å². The number of benzene rings is 1. The van der Waals surface area contributed by atoms with Gasteiger partial charge in [0.1, 0.15) is 12.7 Å². The Labute approximate surface area is 112 Å². The molecule has 0 aliphatic rings. The molecule has 1 aromatic carbocycles. The van der Waals surface area contributed by atoms with Crippen LogP contribution in [0.25, 0.3) is 0 Å². The fourth-order valence-electron chi connectivity index (χ4n) is 1.53. The Hall–Kier alpha value is -1.17. The Balaban J connectivity index is 2.39. The lowest BCUT2D eigenvalue weighted by atomic mass is 10.2. The molecule has 0 saturated carbocycles. The maximum absolute atomic E-state index is 13.5. The van der Waals surface area contributed by atoms with Crippen molar-refractivity contribution >= 4 is 0 Å². The number of unbranched alkanes of at least 4 members (excludes halogenated alkanes) is 1. The van der Waals surface area contributed by atoms with Gasteiger partial charge >= 0.3 is 0 Å². The fourth-order valence-corrected chi connectivity index (χ4v) is 1.53. The summed E-state index contributed by atoms with van der Waals surface area (Å²) in [6.07, 6.45) is 1.15. The zero-order chi connectivity index (χ0) is 14.1. The summed E-state index contributed by atoms with van der Waals surface area (Å²) in [4.78, 5) is 0. The van der Waals surface area contributed by atoms with Crippen molar-refractivity contribution in [3.05, 3.63) is 29.6 Å². The molecule has 4 nitrogen and oxygen atoms in total. The summed E-state index contributed by atoms with van der Waals surface area (Å²) in [7, 11) is 0. The van der Waals surface area contributed by atoms with Crippen LogP contribution < -0.4 is 4.74 Å². The van der Waals surface area contributed by atoms with Crippen molar-refractivity contribution in [2.45, 2.75) is 32.5 Å². The van der Waals surface area contributed by atoms with Crippen LogP contribution in [-0.4, -0.2) is 36.1 Å². The van der Waals surface area contributed by atoms with Gasteiger partial charge in [-0.1, -0.05) is 25.5 Å². The van der Waals surface area contributed by atoms with Crippen LogP contribution in [0.5, 0.6) is 5.75 Å². The molecular weight excluding hydrogens is 251 g/mol. The number of ether oxygens (including phenoxy) is 2. The average Bonchev–Trinajstić information content (AvgIpc) is 2.42. The van der Waals surface area contributed by atoms with Gasteiger partial charge < -0.3 is 19.7 Å². The van der Waals surface area contributed by atoms with Crippen molar-refractivity contribution in [1.29, 1.82) is 0 Å². The summed E-state index contributed by atoms with van der Waals surface area (Å²) < 4.78 is 23.9. The van der Waals surface area contributed by atoms with E-state index in [2.05, 4.69) is 6.92 Å². The van der Waals surface area contributed by atoms with Crippen molar-refractivity contribution in [3.63, 3.8) is 0 Å². The van der Waals surface area contributed by atoms with Crippen LogP contribution in [0.15, 0.2) is 18.2 Å². The summed E-state index contributed by atoms with van der Waals surface area (Å²) in [5, 5.41) is 18.7. The molecule has 0 saturated heterocycles. The number of halogens is 1. The van der Waals surface area contributed by atoms with Crippen LogP contribution in [-0.2, 0) is 11.3 Å². The molecule has 0 amide bonds. The number of para-hydroxylation sites is 1. The van der Waals surface area contributed by atoms with Crippen LogP contribution in [0.2, 0.25) is 0 Å². The molecule has 0 aliphatic heterocycles. The molecule has 0 radical (unpaired) electrons. The smallest absolute Gasteiger partial charge is 0.165 e. The number of rotatable bonds is 9.